The lowest BCUT2D eigenvalue weighted by molar-refractivity contribution is -0.114. The summed E-state index contributed by atoms with van der Waals surface area (Å²) in [5.41, 5.74) is 2.21. The van der Waals surface area contributed by atoms with Crippen molar-refractivity contribution in [3.8, 4) is 5.75 Å². The van der Waals surface area contributed by atoms with Gasteiger partial charge in [-0.15, -0.1) is 0 Å². The Labute approximate surface area is 235 Å². The second-order valence-corrected chi connectivity index (χ2v) is 11.4. The smallest absolute Gasteiger partial charge is 0.254 e. The fourth-order valence-electron chi connectivity index (χ4n) is 6.16. The summed E-state index contributed by atoms with van der Waals surface area (Å²) in [6, 6.07) is 9.72. The number of hydrogen-bond donors (Lipinski definition) is 1. The maximum absolute atomic E-state index is 14.1. The number of carbonyl (C=O) groups excluding carboxylic acids is 3. The third kappa shape index (κ3) is 6.63. The second-order valence-electron chi connectivity index (χ2n) is 11.4. The van der Waals surface area contributed by atoms with E-state index in [0.29, 0.717) is 37.7 Å². The molecular weight excluding hydrogens is 511 g/mol. The van der Waals surface area contributed by atoms with Crippen LogP contribution in [0.5, 0.6) is 5.75 Å². The lowest BCUT2D eigenvalue weighted by atomic mass is 9.83. The first-order chi connectivity index (χ1) is 19.3. The van der Waals surface area contributed by atoms with Crippen molar-refractivity contribution in [2.45, 2.75) is 57.5 Å². The Bertz CT molecular complexity index is 1250. The molecule has 40 heavy (non-hydrogen) atoms. The van der Waals surface area contributed by atoms with Crippen molar-refractivity contribution in [3.63, 3.8) is 0 Å². The number of nitrogens with one attached hydrogen (secondary N) is 1. The number of rotatable bonds is 6. The lowest BCUT2D eigenvalue weighted by Gasteiger charge is -2.35. The molecule has 2 heterocycles. The fraction of sp³-hybridized carbons (Fsp3) is 0.516. The zero-order valence-corrected chi connectivity index (χ0v) is 23.5. The maximum atomic E-state index is 14.1. The zero-order valence-electron chi connectivity index (χ0n) is 23.5. The summed E-state index contributed by atoms with van der Waals surface area (Å²) < 4.78 is 20.6. The third-order valence-corrected chi connectivity index (χ3v) is 8.26. The molecular formula is C31H39FN4O4. The normalized spacial score (nSPS) is 20.4. The molecule has 1 aliphatic carbocycles. The number of amides is 3. The van der Waals surface area contributed by atoms with E-state index in [9.17, 15) is 18.8 Å². The summed E-state index contributed by atoms with van der Waals surface area (Å²) in [4.78, 5) is 43.7. The number of carbonyl (C=O) groups is 3. The van der Waals surface area contributed by atoms with Gasteiger partial charge in [0.15, 0.2) is 0 Å². The number of halogens is 1. The number of ether oxygens (including phenoxy) is 1. The molecule has 2 aromatic carbocycles. The van der Waals surface area contributed by atoms with Crippen LogP contribution in [0.15, 0.2) is 36.4 Å². The minimum atomic E-state index is -0.593. The van der Waals surface area contributed by atoms with Crippen LogP contribution in [0.3, 0.4) is 0 Å². The van der Waals surface area contributed by atoms with Crippen LogP contribution in [0.25, 0.3) is 0 Å². The summed E-state index contributed by atoms with van der Waals surface area (Å²) >= 11 is 0. The lowest BCUT2D eigenvalue weighted by Crippen LogP contribution is -2.50. The molecule has 0 unspecified atom stereocenters. The first kappa shape index (κ1) is 28.1. The molecule has 0 spiro atoms. The van der Waals surface area contributed by atoms with E-state index < -0.39 is 5.82 Å². The summed E-state index contributed by atoms with van der Waals surface area (Å²) in [5.74, 6) is 0.0107. The van der Waals surface area contributed by atoms with Crippen LogP contribution >= 0.6 is 0 Å². The van der Waals surface area contributed by atoms with Crippen molar-refractivity contribution in [1.29, 1.82) is 0 Å². The van der Waals surface area contributed by atoms with Crippen molar-refractivity contribution in [2.24, 2.45) is 0 Å². The van der Waals surface area contributed by atoms with Crippen molar-refractivity contribution >= 4 is 23.4 Å². The van der Waals surface area contributed by atoms with E-state index in [1.807, 2.05) is 18.2 Å². The molecule has 214 valence electrons. The average molecular weight is 551 g/mol. The molecule has 2 aliphatic heterocycles. The number of likely N-dealkylation sites (tertiary alicyclic amines) is 1. The van der Waals surface area contributed by atoms with Crippen molar-refractivity contribution in [2.75, 3.05) is 51.6 Å². The largest absolute Gasteiger partial charge is 0.489 e. The first-order valence-corrected chi connectivity index (χ1v) is 14.4. The molecule has 1 N–H and O–H groups in total. The highest BCUT2D eigenvalue weighted by molar-refractivity contribution is 5.98. The predicted octanol–water partition coefficient (Wildman–Crippen LogP) is 4.51. The highest BCUT2D eigenvalue weighted by Gasteiger charge is 2.29. The van der Waals surface area contributed by atoms with Gasteiger partial charge < -0.3 is 24.8 Å². The van der Waals surface area contributed by atoms with Gasteiger partial charge in [0.25, 0.3) is 11.8 Å². The van der Waals surface area contributed by atoms with Gasteiger partial charge in [-0.25, -0.2) is 4.39 Å². The minimum absolute atomic E-state index is 0.0463. The molecule has 0 radical (unpaired) electrons. The quantitative estimate of drug-likeness (QED) is 0.572. The molecule has 9 heteroatoms. The molecule has 5 rings (SSSR count). The van der Waals surface area contributed by atoms with Gasteiger partial charge in [0.1, 0.15) is 17.7 Å². The topological polar surface area (TPSA) is 82.2 Å². The van der Waals surface area contributed by atoms with E-state index in [-0.39, 0.29) is 35.1 Å². The Balaban J connectivity index is 1.26. The van der Waals surface area contributed by atoms with E-state index in [1.54, 1.807) is 9.80 Å². The highest BCUT2D eigenvalue weighted by atomic mass is 19.1. The number of benzene rings is 2. The fourth-order valence-corrected chi connectivity index (χ4v) is 6.16. The Kier molecular flexibility index (Phi) is 8.69. The van der Waals surface area contributed by atoms with Gasteiger partial charge in [-0.2, -0.15) is 0 Å². The van der Waals surface area contributed by atoms with Gasteiger partial charge in [0, 0.05) is 63.0 Å². The number of anilines is 1. The molecule has 1 saturated carbocycles. The Morgan fingerprint density at radius 1 is 0.850 bits per heavy atom. The van der Waals surface area contributed by atoms with E-state index >= 15 is 0 Å². The SMILES string of the molecule is CC(=O)Nc1cc(F)cc(C(=O)N2CCN(C(=O)c3ccc(O[C@H]4CCN(C)C4)c(C4CCCCC4)c3)CC2)c1. The van der Waals surface area contributed by atoms with Crippen LogP contribution in [0.2, 0.25) is 0 Å². The average Bonchev–Trinajstić information content (AvgIpc) is 3.36. The summed E-state index contributed by atoms with van der Waals surface area (Å²) in [5, 5.41) is 2.52. The van der Waals surface area contributed by atoms with E-state index in [4.69, 9.17) is 4.74 Å². The van der Waals surface area contributed by atoms with Crippen molar-refractivity contribution in [3.05, 3.63) is 58.9 Å². The maximum Gasteiger partial charge on any atom is 0.254 e. The molecule has 3 aliphatic rings. The Morgan fingerprint density at radius 2 is 1.52 bits per heavy atom. The predicted molar refractivity (Wildman–Crippen MR) is 151 cm³/mol. The number of likely N-dealkylation sites (N-methyl/N-ethyl adjacent to an activating group) is 1. The van der Waals surface area contributed by atoms with Crippen molar-refractivity contribution in [1.82, 2.24) is 14.7 Å². The molecule has 0 bridgehead atoms. The highest BCUT2D eigenvalue weighted by Crippen LogP contribution is 2.39. The third-order valence-electron chi connectivity index (χ3n) is 8.26. The van der Waals surface area contributed by atoms with Crippen LogP contribution in [0, 0.1) is 5.82 Å². The molecule has 8 nitrogen and oxygen atoms in total. The van der Waals surface area contributed by atoms with Gasteiger partial charge in [-0.3, -0.25) is 14.4 Å². The van der Waals surface area contributed by atoms with Crippen LogP contribution in [0.1, 0.15) is 77.6 Å². The summed E-state index contributed by atoms with van der Waals surface area (Å²) in [6.45, 7) is 4.76. The van der Waals surface area contributed by atoms with E-state index in [1.165, 1.54) is 44.4 Å². The molecule has 1 atom stereocenters. The standard InChI is InChI=1S/C31H39FN4O4/c1-21(37)33-26-17-24(16-25(32)19-26)31(39)36-14-12-35(13-15-36)30(38)23-8-9-29(40-27-10-11-34(2)20-27)28(18-23)22-6-4-3-5-7-22/h8-9,16-19,22,27H,3-7,10-15,20H2,1-2H3,(H,33,37)/t27-/m0/s1. The monoisotopic (exact) mass is 550 g/mol. The Hall–Kier alpha value is -3.46. The number of piperazine rings is 1. The molecule has 2 aromatic rings. The second kappa shape index (κ2) is 12.4. The van der Waals surface area contributed by atoms with Crippen LogP contribution in [0.4, 0.5) is 10.1 Å². The summed E-state index contributed by atoms with van der Waals surface area (Å²) in [7, 11) is 2.11. The minimum Gasteiger partial charge on any atom is -0.489 e. The number of nitrogens with zero attached hydrogens (tertiary/aromatic N) is 3. The van der Waals surface area contributed by atoms with Gasteiger partial charge in [0.2, 0.25) is 5.91 Å². The molecule has 2 saturated heterocycles. The van der Waals surface area contributed by atoms with Crippen LogP contribution in [-0.4, -0.2) is 84.8 Å². The molecule has 0 aromatic heterocycles. The molecule has 3 fully saturated rings. The van der Waals surface area contributed by atoms with Crippen molar-refractivity contribution < 1.29 is 23.5 Å². The van der Waals surface area contributed by atoms with Gasteiger partial charge >= 0.3 is 0 Å². The van der Waals surface area contributed by atoms with E-state index in [0.717, 1.165) is 43.7 Å². The van der Waals surface area contributed by atoms with Crippen LogP contribution in [-0.2, 0) is 4.79 Å². The number of hydrogen-bond acceptors (Lipinski definition) is 5. The Morgan fingerprint density at radius 3 is 2.15 bits per heavy atom. The molecule has 3 amide bonds. The zero-order chi connectivity index (χ0) is 28.2. The van der Waals surface area contributed by atoms with Crippen LogP contribution < -0.4 is 10.1 Å². The van der Waals surface area contributed by atoms with E-state index in [2.05, 4.69) is 17.3 Å². The van der Waals surface area contributed by atoms with Gasteiger partial charge in [0.05, 0.1) is 0 Å². The first-order valence-electron chi connectivity index (χ1n) is 14.4. The van der Waals surface area contributed by atoms with Gasteiger partial charge in [-0.05, 0) is 74.2 Å². The van der Waals surface area contributed by atoms with Gasteiger partial charge in [-0.1, -0.05) is 19.3 Å². The summed E-state index contributed by atoms with van der Waals surface area (Å²) in [6.07, 6.45) is 7.06.